The number of rotatable bonds is 5. The molecular weight excluding hydrogens is 370 g/mol. The van der Waals surface area contributed by atoms with Crippen molar-refractivity contribution in [2.75, 3.05) is 58.1 Å². The Morgan fingerprint density at radius 2 is 1.79 bits per heavy atom. The molecule has 2 aliphatic rings. The SMILES string of the molecule is COc1ccccc1N1CN(CCN2CCOCC2)Cn2c1nc(C)c(C)c2=O. The fourth-order valence-electron chi connectivity index (χ4n) is 3.87. The average Bonchev–Trinajstić information content (AvgIpc) is 2.76. The first-order valence-corrected chi connectivity index (χ1v) is 10.1. The summed E-state index contributed by atoms with van der Waals surface area (Å²) < 4.78 is 12.8. The number of hydrogen-bond acceptors (Lipinski definition) is 7. The lowest BCUT2D eigenvalue weighted by atomic mass is 10.2. The third-order valence-electron chi connectivity index (χ3n) is 5.75. The maximum absolute atomic E-state index is 13.0. The average molecular weight is 399 g/mol. The Kier molecular flexibility index (Phi) is 5.84. The summed E-state index contributed by atoms with van der Waals surface area (Å²) in [6, 6.07) is 7.87. The van der Waals surface area contributed by atoms with Gasteiger partial charge in [0.15, 0.2) is 0 Å². The Bertz CT molecular complexity index is 923. The highest BCUT2D eigenvalue weighted by molar-refractivity contribution is 5.66. The van der Waals surface area contributed by atoms with Crippen LogP contribution in [0.3, 0.4) is 0 Å². The second kappa shape index (κ2) is 8.52. The van der Waals surface area contributed by atoms with Gasteiger partial charge in [-0.2, -0.15) is 0 Å². The number of benzene rings is 1. The monoisotopic (exact) mass is 399 g/mol. The van der Waals surface area contributed by atoms with Crippen LogP contribution in [0, 0.1) is 13.8 Å². The van der Waals surface area contributed by atoms with Gasteiger partial charge in [-0.25, -0.2) is 4.98 Å². The Morgan fingerprint density at radius 1 is 1.07 bits per heavy atom. The summed E-state index contributed by atoms with van der Waals surface area (Å²) in [4.78, 5) is 24.6. The summed E-state index contributed by atoms with van der Waals surface area (Å²) >= 11 is 0. The molecule has 0 spiro atoms. The highest BCUT2D eigenvalue weighted by Crippen LogP contribution is 2.34. The van der Waals surface area contributed by atoms with E-state index < -0.39 is 0 Å². The molecule has 1 aromatic heterocycles. The van der Waals surface area contributed by atoms with Crippen molar-refractivity contribution < 1.29 is 9.47 Å². The van der Waals surface area contributed by atoms with Gasteiger partial charge in [-0.05, 0) is 26.0 Å². The molecule has 156 valence electrons. The van der Waals surface area contributed by atoms with Gasteiger partial charge in [-0.1, -0.05) is 12.1 Å². The van der Waals surface area contributed by atoms with E-state index in [2.05, 4.69) is 14.7 Å². The molecule has 1 saturated heterocycles. The molecular formula is C21H29N5O3. The lowest BCUT2D eigenvalue weighted by Gasteiger charge is -2.39. The minimum atomic E-state index is 0.0171. The molecule has 2 aliphatic heterocycles. The molecule has 0 saturated carbocycles. The maximum atomic E-state index is 13.0. The minimum Gasteiger partial charge on any atom is -0.495 e. The molecule has 0 atom stereocenters. The second-order valence-corrected chi connectivity index (χ2v) is 7.59. The lowest BCUT2D eigenvalue weighted by molar-refractivity contribution is 0.0310. The van der Waals surface area contributed by atoms with Gasteiger partial charge in [0.25, 0.3) is 5.56 Å². The third kappa shape index (κ3) is 4.01. The van der Waals surface area contributed by atoms with E-state index in [1.54, 1.807) is 11.7 Å². The number of nitrogens with zero attached hydrogens (tertiary/aromatic N) is 5. The first-order valence-electron chi connectivity index (χ1n) is 10.1. The van der Waals surface area contributed by atoms with Crippen molar-refractivity contribution in [2.45, 2.75) is 20.5 Å². The van der Waals surface area contributed by atoms with E-state index in [4.69, 9.17) is 14.5 Å². The summed E-state index contributed by atoms with van der Waals surface area (Å²) in [7, 11) is 1.67. The van der Waals surface area contributed by atoms with Crippen molar-refractivity contribution in [3.8, 4) is 5.75 Å². The van der Waals surface area contributed by atoms with E-state index in [1.807, 2.05) is 38.1 Å². The van der Waals surface area contributed by atoms with Crippen molar-refractivity contribution in [1.29, 1.82) is 0 Å². The van der Waals surface area contributed by atoms with Gasteiger partial charge < -0.3 is 9.47 Å². The number of aryl methyl sites for hydroxylation is 1. The quantitative estimate of drug-likeness (QED) is 0.756. The Labute approximate surface area is 171 Å². The van der Waals surface area contributed by atoms with Gasteiger partial charge in [-0.3, -0.25) is 24.1 Å². The van der Waals surface area contributed by atoms with Gasteiger partial charge in [0.05, 0.1) is 39.3 Å². The topological polar surface area (TPSA) is 63.1 Å². The third-order valence-corrected chi connectivity index (χ3v) is 5.75. The van der Waals surface area contributed by atoms with Crippen LogP contribution >= 0.6 is 0 Å². The molecule has 1 fully saturated rings. The Morgan fingerprint density at radius 3 is 2.55 bits per heavy atom. The van der Waals surface area contributed by atoms with Crippen LogP contribution in [0.25, 0.3) is 0 Å². The van der Waals surface area contributed by atoms with Crippen molar-refractivity contribution >= 4 is 11.6 Å². The minimum absolute atomic E-state index is 0.0171. The second-order valence-electron chi connectivity index (χ2n) is 7.59. The molecule has 8 nitrogen and oxygen atoms in total. The van der Waals surface area contributed by atoms with E-state index in [1.165, 1.54) is 0 Å². The Hall–Kier alpha value is -2.42. The highest BCUT2D eigenvalue weighted by Gasteiger charge is 2.29. The lowest BCUT2D eigenvalue weighted by Crippen LogP contribution is -2.50. The summed E-state index contributed by atoms with van der Waals surface area (Å²) in [5.41, 5.74) is 2.39. The van der Waals surface area contributed by atoms with Gasteiger partial charge in [-0.15, -0.1) is 0 Å². The van der Waals surface area contributed by atoms with Crippen molar-refractivity contribution in [1.82, 2.24) is 19.4 Å². The van der Waals surface area contributed by atoms with Crippen LogP contribution in [-0.2, 0) is 11.4 Å². The number of para-hydroxylation sites is 2. The van der Waals surface area contributed by atoms with Crippen LogP contribution in [0.1, 0.15) is 11.3 Å². The number of morpholine rings is 1. The van der Waals surface area contributed by atoms with E-state index in [9.17, 15) is 4.79 Å². The van der Waals surface area contributed by atoms with E-state index in [0.717, 1.165) is 56.5 Å². The number of ether oxygens (including phenoxy) is 2. The van der Waals surface area contributed by atoms with Crippen molar-refractivity contribution in [3.05, 3.63) is 45.9 Å². The predicted octanol–water partition coefficient (Wildman–Crippen LogP) is 1.57. The van der Waals surface area contributed by atoms with Crippen LogP contribution in [0.2, 0.25) is 0 Å². The van der Waals surface area contributed by atoms with Gasteiger partial charge in [0.1, 0.15) is 5.75 Å². The number of methoxy groups -OCH3 is 1. The van der Waals surface area contributed by atoms with Crippen LogP contribution < -0.4 is 15.2 Å². The van der Waals surface area contributed by atoms with Crippen molar-refractivity contribution in [2.24, 2.45) is 0 Å². The normalized spacial score (nSPS) is 18.0. The number of anilines is 2. The zero-order valence-electron chi connectivity index (χ0n) is 17.4. The zero-order chi connectivity index (χ0) is 20.4. The summed E-state index contributed by atoms with van der Waals surface area (Å²) in [5.74, 6) is 1.44. The largest absolute Gasteiger partial charge is 0.495 e. The molecule has 0 unspecified atom stereocenters. The van der Waals surface area contributed by atoms with Crippen LogP contribution in [-0.4, -0.2) is 72.5 Å². The number of aromatic nitrogens is 2. The highest BCUT2D eigenvalue weighted by atomic mass is 16.5. The van der Waals surface area contributed by atoms with Gasteiger partial charge >= 0.3 is 0 Å². The van der Waals surface area contributed by atoms with E-state index in [-0.39, 0.29) is 5.56 Å². The van der Waals surface area contributed by atoms with Crippen LogP contribution in [0.4, 0.5) is 11.6 Å². The molecule has 29 heavy (non-hydrogen) atoms. The first kappa shape index (κ1) is 19.9. The molecule has 3 heterocycles. The van der Waals surface area contributed by atoms with Crippen LogP contribution in [0.5, 0.6) is 5.75 Å². The predicted molar refractivity (Wildman–Crippen MR) is 112 cm³/mol. The summed E-state index contributed by atoms with van der Waals surface area (Å²) in [6.45, 7) is 10.2. The molecule has 0 bridgehead atoms. The van der Waals surface area contributed by atoms with E-state index >= 15 is 0 Å². The van der Waals surface area contributed by atoms with Gasteiger partial charge in [0.2, 0.25) is 5.95 Å². The molecule has 0 N–H and O–H groups in total. The molecule has 4 rings (SSSR count). The van der Waals surface area contributed by atoms with E-state index in [0.29, 0.717) is 24.8 Å². The molecule has 8 heteroatoms. The molecule has 0 amide bonds. The molecule has 0 radical (unpaired) electrons. The maximum Gasteiger partial charge on any atom is 0.259 e. The fourth-order valence-corrected chi connectivity index (χ4v) is 3.87. The summed E-state index contributed by atoms with van der Waals surface area (Å²) in [6.07, 6.45) is 0. The zero-order valence-corrected chi connectivity index (χ0v) is 17.4. The molecule has 1 aromatic carbocycles. The van der Waals surface area contributed by atoms with Crippen molar-refractivity contribution in [3.63, 3.8) is 0 Å². The molecule has 2 aromatic rings. The summed E-state index contributed by atoms with van der Waals surface area (Å²) in [5, 5.41) is 0. The van der Waals surface area contributed by atoms with Crippen LogP contribution in [0.15, 0.2) is 29.1 Å². The standard InChI is InChI=1S/C21H29N5O3/c1-16-17(2)22-21-25(18-6-4-5-7-19(18)28-3)14-24(15-26(21)20(16)27)9-8-23-10-12-29-13-11-23/h4-7H,8-15H2,1-3H3. The fraction of sp³-hybridized carbons (Fsp3) is 0.524. The molecule has 0 aliphatic carbocycles. The first-order chi connectivity index (χ1) is 14.1. The Balaban J connectivity index is 1.67. The van der Waals surface area contributed by atoms with Gasteiger partial charge in [0, 0.05) is 37.4 Å². The number of fused-ring (bicyclic) bond motifs is 1. The smallest absolute Gasteiger partial charge is 0.259 e. The number of hydrogen-bond donors (Lipinski definition) is 0.